The molecule has 0 unspecified atom stereocenters. The van der Waals surface area contributed by atoms with E-state index in [1.807, 2.05) is 12.1 Å². The molecule has 0 atom stereocenters. The lowest BCUT2D eigenvalue weighted by atomic mass is 10.1. The molecule has 2 rings (SSSR count). The number of nitrogen functional groups attached to an aromatic ring is 1. The van der Waals surface area contributed by atoms with Gasteiger partial charge in [0.05, 0.1) is 11.9 Å². The van der Waals surface area contributed by atoms with Gasteiger partial charge < -0.3 is 16.8 Å². The van der Waals surface area contributed by atoms with E-state index in [9.17, 15) is 4.79 Å². The maximum absolute atomic E-state index is 10.9. The third-order valence-corrected chi connectivity index (χ3v) is 2.46. The molecule has 2 amide bonds. The molecule has 1 heterocycles. The summed E-state index contributed by atoms with van der Waals surface area (Å²) >= 11 is 0. The van der Waals surface area contributed by atoms with Gasteiger partial charge in [-0.2, -0.15) is 5.10 Å². The number of para-hydroxylation sites is 1. The maximum atomic E-state index is 10.9. The smallest absolute Gasteiger partial charge is 0.316 e. The van der Waals surface area contributed by atoms with Crippen molar-refractivity contribution in [2.45, 2.75) is 0 Å². The molecule has 2 aromatic rings. The Labute approximate surface area is 98.2 Å². The summed E-state index contributed by atoms with van der Waals surface area (Å²) < 4.78 is 1.57. The lowest BCUT2D eigenvalue weighted by Gasteiger charge is -2.08. The van der Waals surface area contributed by atoms with Crippen molar-refractivity contribution < 1.29 is 4.79 Å². The summed E-state index contributed by atoms with van der Waals surface area (Å²) in [5.74, 6) is 0.531. The molecule has 6 nitrogen and oxygen atoms in total. The van der Waals surface area contributed by atoms with Crippen LogP contribution in [0.2, 0.25) is 0 Å². The highest BCUT2D eigenvalue weighted by Crippen LogP contribution is 2.31. The van der Waals surface area contributed by atoms with Crippen LogP contribution in [0.5, 0.6) is 0 Å². The first-order valence-corrected chi connectivity index (χ1v) is 5.03. The Morgan fingerprint density at radius 1 is 1.35 bits per heavy atom. The Morgan fingerprint density at radius 2 is 2.06 bits per heavy atom. The predicted octanol–water partition coefficient (Wildman–Crippen LogP) is 1.16. The zero-order valence-corrected chi connectivity index (χ0v) is 9.34. The number of carbonyl (C=O) groups excluding carboxylic acids is 1. The van der Waals surface area contributed by atoms with E-state index < -0.39 is 6.03 Å². The molecular formula is C11H13N5O. The number of anilines is 2. The molecule has 17 heavy (non-hydrogen) atoms. The third-order valence-electron chi connectivity index (χ3n) is 2.46. The molecule has 6 heteroatoms. The zero-order valence-electron chi connectivity index (χ0n) is 9.34. The lowest BCUT2D eigenvalue weighted by molar-refractivity contribution is 0.259. The number of aryl methyl sites for hydroxylation is 1. The van der Waals surface area contributed by atoms with E-state index in [1.54, 1.807) is 30.1 Å². The first kappa shape index (κ1) is 11.0. The fourth-order valence-corrected chi connectivity index (χ4v) is 1.61. The molecule has 1 aromatic carbocycles. The van der Waals surface area contributed by atoms with Gasteiger partial charge in [0, 0.05) is 18.2 Å². The van der Waals surface area contributed by atoms with Crippen molar-refractivity contribution in [3.05, 3.63) is 30.5 Å². The maximum Gasteiger partial charge on any atom is 0.316 e. The molecule has 88 valence electrons. The van der Waals surface area contributed by atoms with Crippen molar-refractivity contribution in [3.63, 3.8) is 0 Å². The monoisotopic (exact) mass is 231 g/mol. The molecule has 0 radical (unpaired) electrons. The standard InChI is InChI=1S/C11H13N5O/c1-16-10(12)8(6-14-16)7-4-2-3-5-9(7)15-11(13)17/h2-6H,12H2,1H3,(H3,13,15,17). The van der Waals surface area contributed by atoms with Crippen molar-refractivity contribution in [1.29, 1.82) is 0 Å². The second-order valence-electron chi connectivity index (χ2n) is 3.60. The minimum Gasteiger partial charge on any atom is -0.383 e. The van der Waals surface area contributed by atoms with E-state index in [0.29, 0.717) is 11.5 Å². The van der Waals surface area contributed by atoms with E-state index >= 15 is 0 Å². The van der Waals surface area contributed by atoms with E-state index in [1.165, 1.54) is 0 Å². The minimum absolute atomic E-state index is 0.531. The Bertz CT molecular complexity index is 561. The van der Waals surface area contributed by atoms with Gasteiger partial charge in [0.25, 0.3) is 0 Å². The number of urea groups is 1. The minimum atomic E-state index is -0.611. The summed E-state index contributed by atoms with van der Waals surface area (Å²) in [5.41, 5.74) is 13.2. The molecule has 0 aliphatic rings. The first-order chi connectivity index (χ1) is 8.09. The number of nitrogens with two attached hydrogens (primary N) is 2. The number of nitrogens with one attached hydrogen (secondary N) is 1. The Hall–Kier alpha value is -2.50. The van der Waals surface area contributed by atoms with Crippen LogP contribution in [0.25, 0.3) is 11.1 Å². The summed E-state index contributed by atoms with van der Waals surface area (Å²) in [6, 6.07) is 6.65. The number of carbonyl (C=O) groups is 1. The number of primary amides is 1. The van der Waals surface area contributed by atoms with Gasteiger partial charge in [0.1, 0.15) is 5.82 Å². The molecule has 5 N–H and O–H groups in total. The molecule has 0 aliphatic heterocycles. The van der Waals surface area contributed by atoms with Crippen LogP contribution < -0.4 is 16.8 Å². The van der Waals surface area contributed by atoms with Crippen LogP contribution in [0.1, 0.15) is 0 Å². The van der Waals surface area contributed by atoms with Crippen LogP contribution in [0, 0.1) is 0 Å². The summed E-state index contributed by atoms with van der Waals surface area (Å²) in [7, 11) is 1.75. The molecule has 0 bridgehead atoms. The number of rotatable bonds is 2. The lowest BCUT2D eigenvalue weighted by Crippen LogP contribution is -2.19. The third kappa shape index (κ3) is 2.05. The predicted molar refractivity (Wildman–Crippen MR) is 66.3 cm³/mol. The number of nitrogens with zero attached hydrogens (tertiary/aromatic N) is 2. The average Bonchev–Trinajstić information content (AvgIpc) is 2.60. The van der Waals surface area contributed by atoms with Gasteiger partial charge in [0.2, 0.25) is 0 Å². The Kier molecular flexibility index (Phi) is 2.70. The highest BCUT2D eigenvalue weighted by atomic mass is 16.2. The van der Waals surface area contributed by atoms with Gasteiger partial charge in [-0.1, -0.05) is 18.2 Å². The molecule has 0 spiro atoms. The number of hydrogen-bond acceptors (Lipinski definition) is 3. The quantitative estimate of drug-likeness (QED) is 0.723. The van der Waals surface area contributed by atoms with Crippen molar-refractivity contribution in [2.75, 3.05) is 11.1 Å². The molecule has 0 saturated heterocycles. The summed E-state index contributed by atoms with van der Waals surface area (Å²) in [5, 5.41) is 6.62. The zero-order chi connectivity index (χ0) is 12.4. The van der Waals surface area contributed by atoms with E-state index in [0.717, 1.165) is 11.1 Å². The molecular weight excluding hydrogens is 218 g/mol. The van der Waals surface area contributed by atoms with E-state index in [-0.39, 0.29) is 0 Å². The average molecular weight is 231 g/mol. The van der Waals surface area contributed by atoms with Gasteiger partial charge >= 0.3 is 6.03 Å². The fourth-order valence-electron chi connectivity index (χ4n) is 1.61. The fraction of sp³-hybridized carbons (Fsp3) is 0.0909. The molecule has 0 fully saturated rings. The second kappa shape index (κ2) is 4.17. The second-order valence-corrected chi connectivity index (χ2v) is 3.60. The van der Waals surface area contributed by atoms with Gasteiger partial charge in [0.15, 0.2) is 0 Å². The van der Waals surface area contributed by atoms with Gasteiger partial charge in [-0.05, 0) is 6.07 Å². The van der Waals surface area contributed by atoms with Crippen molar-refractivity contribution in [1.82, 2.24) is 9.78 Å². The van der Waals surface area contributed by atoms with Crippen molar-refractivity contribution in [2.24, 2.45) is 12.8 Å². The largest absolute Gasteiger partial charge is 0.383 e. The van der Waals surface area contributed by atoms with Gasteiger partial charge in [-0.25, -0.2) is 4.79 Å². The van der Waals surface area contributed by atoms with Crippen LogP contribution in [-0.2, 0) is 7.05 Å². The number of aromatic nitrogens is 2. The highest BCUT2D eigenvalue weighted by molar-refractivity contribution is 5.94. The Balaban J connectivity index is 2.51. The number of benzene rings is 1. The van der Waals surface area contributed by atoms with Crippen LogP contribution >= 0.6 is 0 Å². The molecule has 0 saturated carbocycles. The highest BCUT2D eigenvalue weighted by Gasteiger charge is 2.11. The van der Waals surface area contributed by atoms with Gasteiger partial charge in [-0.15, -0.1) is 0 Å². The normalized spacial score (nSPS) is 10.2. The van der Waals surface area contributed by atoms with Crippen molar-refractivity contribution in [3.8, 4) is 11.1 Å². The Morgan fingerprint density at radius 3 is 2.65 bits per heavy atom. The number of amides is 2. The molecule has 0 aliphatic carbocycles. The summed E-state index contributed by atoms with van der Waals surface area (Å²) in [4.78, 5) is 10.9. The van der Waals surface area contributed by atoms with Crippen LogP contribution in [-0.4, -0.2) is 15.8 Å². The van der Waals surface area contributed by atoms with Crippen molar-refractivity contribution >= 4 is 17.5 Å². The summed E-state index contributed by atoms with van der Waals surface area (Å²) in [6.45, 7) is 0. The van der Waals surface area contributed by atoms with Crippen LogP contribution in [0.15, 0.2) is 30.5 Å². The summed E-state index contributed by atoms with van der Waals surface area (Å²) in [6.07, 6.45) is 1.65. The van der Waals surface area contributed by atoms with Crippen LogP contribution in [0.3, 0.4) is 0 Å². The SMILES string of the molecule is Cn1ncc(-c2ccccc2NC(N)=O)c1N. The number of hydrogen-bond donors (Lipinski definition) is 3. The topological polar surface area (TPSA) is 99.0 Å². The van der Waals surface area contributed by atoms with Crippen LogP contribution in [0.4, 0.5) is 16.3 Å². The first-order valence-electron chi connectivity index (χ1n) is 5.03. The van der Waals surface area contributed by atoms with Gasteiger partial charge in [-0.3, -0.25) is 4.68 Å². The van der Waals surface area contributed by atoms with E-state index in [4.69, 9.17) is 11.5 Å². The van der Waals surface area contributed by atoms with E-state index in [2.05, 4.69) is 10.4 Å². The molecule has 1 aromatic heterocycles.